The number of aromatic nitrogens is 2. The molecule has 0 aliphatic heterocycles. The molecule has 1 N–H and O–H groups in total. The third kappa shape index (κ3) is 3.33. The van der Waals surface area contributed by atoms with Gasteiger partial charge in [-0.25, -0.2) is 0 Å². The molecule has 1 unspecified atom stereocenters. The zero-order chi connectivity index (χ0) is 16.4. The number of rotatable bonds is 5. The number of hydrogen-bond acceptors (Lipinski definition) is 5. The van der Waals surface area contributed by atoms with Gasteiger partial charge in [0, 0.05) is 28.6 Å². The van der Waals surface area contributed by atoms with Crippen LogP contribution in [0.4, 0.5) is 0 Å². The van der Waals surface area contributed by atoms with Crippen molar-refractivity contribution in [2.75, 3.05) is 13.3 Å². The third-order valence-electron chi connectivity index (χ3n) is 4.10. The van der Waals surface area contributed by atoms with E-state index in [0.29, 0.717) is 6.54 Å². The molecule has 3 rings (SSSR count). The lowest BCUT2D eigenvalue weighted by molar-refractivity contribution is 0.240. The Morgan fingerprint density at radius 1 is 1.35 bits per heavy atom. The maximum atomic E-state index is 12.4. The second-order valence-electron chi connectivity index (χ2n) is 5.59. The summed E-state index contributed by atoms with van der Waals surface area (Å²) in [6.45, 7) is 2.58. The van der Waals surface area contributed by atoms with Crippen LogP contribution in [0.2, 0.25) is 0 Å². The van der Waals surface area contributed by atoms with Crippen molar-refractivity contribution in [3.8, 4) is 0 Å². The van der Waals surface area contributed by atoms with Crippen LogP contribution in [0.1, 0.15) is 24.2 Å². The highest BCUT2D eigenvalue weighted by Gasteiger charge is 2.16. The predicted molar refractivity (Wildman–Crippen MR) is 92.7 cm³/mol. The monoisotopic (exact) mass is 329 g/mol. The van der Waals surface area contributed by atoms with Gasteiger partial charge in [-0.3, -0.25) is 9.69 Å². The Labute approximate surface area is 138 Å². The summed E-state index contributed by atoms with van der Waals surface area (Å²) < 4.78 is 4.89. The molecular weight excluding hydrogens is 310 g/mol. The van der Waals surface area contributed by atoms with Crippen LogP contribution in [0.15, 0.2) is 50.8 Å². The number of aromatic amines is 1. The van der Waals surface area contributed by atoms with Gasteiger partial charge in [-0.2, -0.15) is 0 Å². The second kappa shape index (κ2) is 6.60. The van der Waals surface area contributed by atoms with Gasteiger partial charge in [-0.05, 0) is 43.8 Å². The van der Waals surface area contributed by atoms with E-state index in [2.05, 4.69) is 21.1 Å². The Morgan fingerprint density at radius 2 is 2.17 bits per heavy atom. The number of nitrogens with one attached hydrogen (secondary N) is 1. The average molecular weight is 329 g/mol. The van der Waals surface area contributed by atoms with Gasteiger partial charge in [0.1, 0.15) is 12.0 Å². The van der Waals surface area contributed by atoms with E-state index in [-0.39, 0.29) is 11.6 Å². The van der Waals surface area contributed by atoms with Gasteiger partial charge in [0.15, 0.2) is 0 Å². The van der Waals surface area contributed by atoms with E-state index in [1.165, 1.54) is 0 Å². The number of thioether (sulfide) groups is 1. The Balaban J connectivity index is 1.88. The lowest BCUT2D eigenvalue weighted by atomic mass is 10.1. The van der Waals surface area contributed by atoms with Crippen LogP contribution in [0.3, 0.4) is 0 Å². The number of benzene rings is 1. The van der Waals surface area contributed by atoms with Gasteiger partial charge in [0.25, 0.3) is 5.56 Å². The number of H-pyrrole nitrogens is 1. The summed E-state index contributed by atoms with van der Waals surface area (Å²) >= 11 is 1.66. The minimum Gasteiger partial charge on any atom is -0.364 e. The Morgan fingerprint density at radius 3 is 2.87 bits per heavy atom. The van der Waals surface area contributed by atoms with Gasteiger partial charge in [0.05, 0.1) is 6.04 Å². The van der Waals surface area contributed by atoms with Gasteiger partial charge in [-0.15, -0.1) is 11.8 Å². The molecule has 0 radical (unpaired) electrons. The smallest absolute Gasteiger partial charge is 0.252 e. The maximum absolute atomic E-state index is 12.4. The Kier molecular flexibility index (Phi) is 4.54. The molecule has 0 bridgehead atoms. The van der Waals surface area contributed by atoms with Gasteiger partial charge < -0.3 is 9.51 Å². The topological polar surface area (TPSA) is 62.1 Å². The zero-order valence-corrected chi connectivity index (χ0v) is 14.2. The molecule has 2 heterocycles. The minimum atomic E-state index is -0.0463. The van der Waals surface area contributed by atoms with Crippen molar-refractivity contribution < 1.29 is 4.52 Å². The van der Waals surface area contributed by atoms with E-state index in [0.717, 1.165) is 27.1 Å². The minimum absolute atomic E-state index is 0.0463. The molecular formula is C17H19N3O2S. The fourth-order valence-electron chi connectivity index (χ4n) is 2.54. The lowest BCUT2D eigenvalue weighted by Gasteiger charge is -2.22. The number of fused-ring (bicyclic) bond motifs is 1. The standard InChI is InChI=1S/C17H19N3O2S/c1-11(15-6-7-22-19-15)20(2)10-13-8-12-4-5-14(23-3)9-16(12)18-17(13)21/h4-9,11H,10H2,1-3H3,(H,18,21). The van der Waals surface area contributed by atoms with E-state index in [1.54, 1.807) is 18.0 Å². The number of nitrogens with zero attached hydrogens (tertiary/aromatic N) is 2. The fourth-order valence-corrected chi connectivity index (χ4v) is 2.98. The molecule has 2 aromatic heterocycles. The summed E-state index contributed by atoms with van der Waals surface area (Å²) in [6.07, 6.45) is 3.58. The van der Waals surface area contributed by atoms with Crippen molar-refractivity contribution in [1.82, 2.24) is 15.0 Å². The van der Waals surface area contributed by atoms with E-state index in [4.69, 9.17) is 4.52 Å². The average Bonchev–Trinajstić information content (AvgIpc) is 3.08. The molecule has 0 amide bonds. The molecule has 6 heteroatoms. The van der Waals surface area contributed by atoms with E-state index >= 15 is 0 Å². The first kappa shape index (κ1) is 15.8. The van der Waals surface area contributed by atoms with Crippen molar-refractivity contribution in [3.05, 3.63) is 58.2 Å². The highest BCUT2D eigenvalue weighted by Crippen LogP contribution is 2.22. The first-order valence-electron chi connectivity index (χ1n) is 7.39. The normalized spacial score (nSPS) is 12.9. The van der Waals surface area contributed by atoms with Gasteiger partial charge in [-0.1, -0.05) is 11.2 Å². The third-order valence-corrected chi connectivity index (χ3v) is 4.82. The molecule has 0 aliphatic rings. The Hall–Kier alpha value is -2.05. The lowest BCUT2D eigenvalue weighted by Crippen LogP contribution is -2.26. The van der Waals surface area contributed by atoms with E-state index in [9.17, 15) is 4.79 Å². The molecule has 23 heavy (non-hydrogen) atoms. The van der Waals surface area contributed by atoms with Crippen LogP contribution < -0.4 is 5.56 Å². The summed E-state index contributed by atoms with van der Waals surface area (Å²) in [4.78, 5) is 18.5. The summed E-state index contributed by atoms with van der Waals surface area (Å²) in [5, 5.41) is 5.01. The van der Waals surface area contributed by atoms with Crippen LogP contribution in [0.25, 0.3) is 10.9 Å². The summed E-state index contributed by atoms with van der Waals surface area (Å²) in [7, 11) is 1.97. The molecule has 0 saturated carbocycles. The van der Waals surface area contributed by atoms with Crippen LogP contribution in [-0.4, -0.2) is 28.3 Å². The second-order valence-corrected chi connectivity index (χ2v) is 6.47. The molecule has 120 valence electrons. The zero-order valence-electron chi connectivity index (χ0n) is 13.4. The fraction of sp³-hybridized carbons (Fsp3) is 0.294. The summed E-state index contributed by atoms with van der Waals surface area (Å²) in [5.41, 5.74) is 2.43. The molecule has 0 saturated heterocycles. The first-order chi connectivity index (χ1) is 11.1. The van der Waals surface area contributed by atoms with E-state index < -0.39 is 0 Å². The molecule has 0 spiro atoms. The van der Waals surface area contributed by atoms with Gasteiger partial charge in [0.2, 0.25) is 0 Å². The molecule has 3 aromatic rings. The van der Waals surface area contributed by atoms with Crippen LogP contribution in [-0.2, 0) is 6.54 Å². The van der Waals surface area contributed by atoms with Crippen LogP contribution in [0, 0.1) is 0 Å². The highest BCUT2D eigenvalue weighted by atomic mass is 32.2. The van der Waals surface area contributed by atoms with Crippen molar-refractivity contribution in [1.29, 1.82) is 0 Å². The van der Waals surface area contributed by atoms with Crippen molar-refractivity contribution in [2.24, 2.45) is 0 Å². The first-order valence-corrected chi connectivity index (χ1v) is 8.61. The summed E-state index contributed by atoms with van der Waals surface area (Å²) in [5.74, 6) is 0. The molecule has 0 fully saturated rings. The Bertz CT molecular complexity index is 858. The number of pyridine rings is 1. The molecule has 1 aromatic carbocycles. The van der Waals surface area contributed by atoms with Crippen molar-refractivity contribution >= 4 is 22.7 Å². The highest BCUT2D eigenvalue weighted by molar-refractivity contribution is 7.98. The van der Waals surface area contributed by atoms with Gasteiger partial charge >= 0.3 is 0 Å². The SMILES string of the molecule is CSc1ccc2cc(CN(C)C(C)c3ccon3)c(=O)[nH]c2c1. The number of hydrogen-bond donors (Lipinski definition) is 1. The molecule has 5 nitrogen and oxygen atoms in total. The van der Waals surface area contributed by atoms with Crippen molar-refractivity contribution in [3.63, 3.8) is 0 Å². The molecule has 0 aliphatic carbocycles. The summed E-state index contributed by atoms with van der Waals surface area (Å²) in [6, 6.07) is 9.99. The van der Waals surface area contributed by atoms with Crippen molar-refractivity contribution in [2.45, 2.75) is 24.4 Å². The van der Waals surface area contributed by atoms with Crippen LogP contribution in [0.5, 0.6) is 0 Å². The van der Waals surface area contributed by atoms with E-state index in [1.807, 2.05) is 44.5 Å². The quantitative estimate of drug-likeness (QED) is 0.727. The predicted octanol–water partition coefficient (Wildman–Crippen LogP) is 3.43. The largest absolute Gasteiger partial charge is 0.364 e. The molecule has 1 atom stereocenters. The van der Waals surface area contributed by atoms with Crippen LogP contribution >= 0.6 is 11.8 Å². The maximum Gasteiger partial charge on any atom is 0.252 e.